The minimum absolute atomic E-state index is 0.00112. The van der Waals surface area contributed by atoms with Gasteiger partial charge in [0.05, 0.1) is 23.8 Å². The summed E-state index contributed by atoms with van der Waals surface area (Å²) in [5, 5.41) is 11.1. The highest BCUT2D eigenvalue weighted by molar-refractivity contribution is 5.90. The number of hydrogen-bond acceptors (Lipinski definition) is 6. The highest BCUT2D eigenvalue weighted by Gasteiger charge is 2.44. The summed E-state index contributed by atoms with van der Waals surface area (Å²) in [5.41, 5.74) is 0.198. The van der Waals surface area contributed by atoms with Gasteiger partial charge in [0.25, 0.3) is 5.69 Å². The van der Waals surface area contributed by atoms with Crippen molar-refractivity contribution in [1.82, 2.24) is 4.90 Å². The van der Waals surface area contributed by atoms with Crippen LogP contribution in [0.4, 0.5) is 5.69 Å². The van der Waals surface area contributed by atoms with Gasteiger partial charge in [0.1, 0.15) is 5.75 Å². The molecule has 1 aromatic carbocycles. The predicted octanol–water partition coefficient (Wildman–Crippen LogP) is 2.08. The number of carbonyl (C=O) groups excluding carboxylic acids is 1. The van der Waals surface area contributed by atoms with Crippen LogP contribution in [0, 0.1) is 10.1 Å². The molecule has 0 radical (unpaired) electrons. The van der Waals surface area contributed by atoms with E-state index in [0.29, 0.717) is 43.2 Å². The number of nitrogens with zero attached hydrogens (tertiary/aromatic N) is 2. The van der Waals surface area contributed by atoms with Crippen LogP contribution in [0.1, 0.15) is 25.3 Å². The first kappa shape index (κ1) is 16.0. The number of nitro groups is 1. The van der Waals surface area contributed by atoms with Crippen LogP contribution in [0.25, 0.3) is 5.70 Å². The molecule has 2 saturated heterocycles. The van der Waals surface area contributed by atoms with Gasteiger partial charge < -0.3 is 19.1 Å². The maximum atomic E-state index is 12.3. The predicted molar refractivity (Wildman–Crippen MR) is 86.7 cm³/mol. The quantitative estimate of drug-likeness (QED) is 0.615. The molecule has 1 atom stereocenters. The zero-order chi connectivity index (χ0) is 17.6. The van der Waals surface area contributed by atoms with Crippen molar-refractivity contribution in [3.05, 3.63) is 40.0 Å². The van der Waals surface area contributed by atoms with E-state index in [1.807, 2.05) is 6.92 Å². The summed E-state index contributed by atoms with van der Waals surface area (Å²) >= 11 is 0. The van der Waals surface area contributed by atoms with Crippen molar-refractivity contribution in [3.8, 4) is 5.75 Å². The van der Waals surface area contributed by atoms with Gasteiger partial charge in [-0.15, -0.1) is 0 Å². The molecule has 132 valence electrons. The van der Waals surface area contributed by atoms with Gasteiger partial charge in [-0.3, -0.25) is 14.9 Å². The standard InChI is InChI=1S/C17H18N2O6/c1-17(16-23-7-8-24-16)10-13(18-6-2-3-15(18)20)12-9-11(19(21)22)4-5-14(12)25-17/h4-5,9-10,16H,2-3,6-8H2,1H3/t17-/m1/s1. The normalized spacial score (nSPS) is 26.4. The zero-order valence-corrected chi connectivity index (χ0v) is 13.8. The molecule has 3 aliphatic rings. The third kappa shape index (κ3) is 2.67. The highest BCUT2D eigenvalue weighted by atomic mass is 16.7. The fourth-order valence-electron chi connectivity index (χ4n) is 3.47. The molecule has 0 N–H and O–H groups in total. The van der Waals surface area contributed by atoms with Crippen molar-refractivity contribution in [3.63, 3.8) is 0 Å². The lowest BCUT2D eigenvalue weighted by Crippen LogP contribution is -2.46. The van der Waals surface area contributed by atoms with E-state index in [1.54, 1.807) is 17.0 Å². The number of fused-ring (bicyclic) bond motifs is 1. The maximum Gasteiger partial charge on any atom is 0.270 e. The number of hydrogen-bond donors (Lipinski definition) is 0. The number of likely N-dealkylation sites (tertiary alicyclic amines) is 1. The number of benzene rings is 1. The average Bonchev–Trinajstić information content (AvgIpc) is 3.25. The van der Waals surface area contributed by atoms with Crippen molar-refractivity contribution in [1.29, 1.82) is 0 Å². The fourth-order valence-corrected chi connectivity index (χ4v) is 3.47. The number of rotatable bonds is 3. The van der Waals surface area contributed by atoms with Gasteiger partial charge in [0, 0.05) is 30.7 Å². The van der Waals surface area contributed by atoms with Crippen LogP contribution in [0.15, 0.2) is 24.3 Å². The van der Waals surface area contributed by atoms with E-state index in [1.165, 1.54) is 12.1 Å². The molecule has 8 heteroatoms. The molecule has 1 aromatic rings. The number of ether oxygens (including phenoxy) is 3. The van der Waals surface area contributed by atoms with Crippen molar-refractivity contribution in [2.45, 2.75) is 31.7 Å². The Balaban J connectivity index is 1.82. The van der Waals surface area contributed by atoms with Gasteiger partial charge in [0.15, 0.2) is 5.60 Å². The Bertz CT molecular complexity index is 770. The number of amides is 1. The third-order valence-corrected chi connectivity index (χ3v) is 4.66. The number of nitro benzene ring substituents is 1. The first-order valence-electron chi connectivity index (χ1n) is 8.22. The molecule has 8 nitrogen and oxygen atoms in total. The largest absolute Gasteiger partial charge is 0.477 e. The summed E-state index contributed by atoms with van der Waals surface area (Å²) in [6.45, 7) is 3.36. The molecule has 3 heterocycles. The molecule has 0 saturated carbocycles. The Hall–Kier alpha value is -2.45. The van der Waals surface area contributed by atoms with Gasteiger partial charge in [-0.05, 0) is 25.5 Å². The van der Waals surface area contributed by atoms with Gasteiger partial charge in [-0.25, -0.2) is 0 Å². The van der Waals surface area contributed by atoms with E-state index in [9.17, 15) is 14.9 Å². The SMILES string of the molecule is C[C@]1(C2OCCO2)C=C(N2CCCC2=O)c2cc([N+](=O)[O-])ccc2O1. The molecule has 1 amide bonds. The molecule has 0 unspecified atom stereocenters. The summed E-state index contributed by atoms with van der Waals surface area (Å²) < 4.78 is 17.3. The smallest absolute Gasteiger partial charge is 0.270 e. The van der Waals surface area contributed by atoms with Gasteiger partial charge in [-0.1, -0.05) is 0 Å². The van der Waals surface area contributed by atoms with Crippen LogP contribution in [0.5, 0.6) is 5.75 Å². The van der Waals surface area contributed by atoms with Crippen molar-refractivity contribution in [2.24, 2.45) is 0 Å². The Morgan fingerprint density at radius 1 is 1.32 bits per heavy atom. The van der Waals surface area contributed by atoms with E-state index in [2.05, 4.69) is 0 Å². The van der Waals surface area contributed by atoms with Gasteiger partial charge in [-0.2, -0.15) is 0 Å². The summed E-state index contributed by atoms with van der Waals surface area (Å²) in [5.74, 6) is 0.477. The van der Waals surface area contributed by atoms with Crippen molar-refractivity contribution >= 4 is 17.3 Å². The second-order valence-corrected chi connectivity index (χ2v) is 6.48. The summed E-state index contributed by atoms with van der Waals surface area (Å²) in [7, 11) is 0. The molecule has 0 bridgehead atoms. The Morgan fingerprint density at radius 2 is 2.08 bits per heavy atom. The van der Waals surface area contributed by atoms with Crippen LogP contribution in [-0.2, 0) is 14.3 Å². The third-order valence-electron chi connectivity index (χ3n) is 4.66. The average molecular weight is 346 g/mol. The van der Waals surface area contributed by atoms with Gasteiger partial charge >= 0.3 is 0 Å². The van der Waals surface area contributed by atoms with Crippen LogP contribution in [0.3, 0.4) is 0 Å². The molecule has 3 aliphatic heterocycles. The summed E-state index contributed by atoms with van der Waals surface area (Å²) in [4.78, 5) is 24.6. The molecular weight excluding hydrogens is 328 g/mol. The highest BCUT2D eigenvalue weighted by Crippen LogP contribution is 2.43. The minimum Gasteiger partial charge on any atom is -0.477 e. The first-order valence-corrected chi connectivity index (χ1v) is 8.22. The Morgan fingerprint density at radius 3 is 2.72 bits per heavy atom. The van der Waals surface area contributed by atoms with E-state index < -0.39 is 16.8 Å². The molecule has 4 rings (SSSR count). The monoisotopic (exact) mass is 346 g/mol. The second-order valence-electron chi connectivity index (χ2n) is 6.48. The van der Waals surface area contributed by atoms with Crippen LogP contribution < -0.4 is 4.74 Å². The van der Waals surface area contributed by atoms with E-state index >= 15 is 0 Å². The maximum absolute atomic E-state index is 12.3. The van der Waals surface area contributed by atoms with Crippen LogP contribution >= 0.6 is 0 Å². The van der Waals surface area contributed by atoms with E-state index in [0.717, 1.165) is 6.42 Å². The first-order chi connectivity index (χ1) is 12.0. The Labute approximate surface area is 144 Å². The molecule has 2 fully saturated rings. The lowest BCUT2D eigenvalue weighted by Gasteiger charge is -2.38. The van der Waals surface area contributed by atoms with Crippen LogP contribution in [0.2, 0.25) is 0 Å². The lowest BCUT2D eigenvalue weighted by molar-refractivity contribution is -0.384. The molecule has 0 aromatic heterocycles. The molecule has 0 spiro atoms. The van der Waals surface area contributed by atoms with E-state index in [4.69, 9.17) is 14.2 Å². The molecular formula is C17H18N2O6. The zero-order valence-electron chi connectivity index (χ0n) is 13.8. The summed E-state index contributed by atoms with van der Waals surface area (Å²) in [6.07, 6.45) is 2.42. The van der Waals surface area contributed by atoms with Crippen molar-refractivity contribution in [2.75, 3.05) is 19.8 Å². The van der Waals surface area contributed by atoms with Crippen LogP contribution in [-0.4, -0.2) is 47.4 Å². The topological polar surface area (TPSA) is 91.1 Å². The number of carbonyl (C=O) groups is 1. The number of non-ortho nitro benzene ring substituents is 1. The minimum atomic E-state index is -0.919. The Kier molecular flexibility index (Phi) is 3.73. The fraction of sp³-hybridized carbons (Fsp3) is 0.471. The van der Waals surface area contributed by atoms with Crippen molar-refractivity contribution < 1.29 is 23.9 Å². The summed E-state index contributed by atoms with van der Waals surface area (Å²) in [6, 6.07) is 4.40. The van der Waals surface area contributed by atoms with E-state index in [-0.39, 0.29) is 11.6 Å². The van der Waals surface area contributed by atoms with Gasteiger partial charge in [0.2, 0.25) is 12.2 Å². The molecule has 25 heavy (non-hydrogen) atoms. The lowest BCUT2D eigenvalue weighted by atomic mass is 9.95. The second kappa shape index (κ2) is 5.82. The molecule has 0 aliphatic carbocycles.